The van der Waals surface area contributed by atoms with E-state index in [-0.39, 0.29) is 5.91 Å². The lowest BCUT2D eigenvalue weighted by Crippen LogP contribution is -2.14. The van der Waals surface area contributed by atoms with Crippen molar-refractivity contribution in [2.45, 2.75) is 20.4 Å². The number of aromatic nitrogens is 2. The molecule has 1 heterocycles. The first-order valence-corrected chi connectivity index (χ1v) is 9.70. The molecule has 0 radical (unpaired) electrons. The van der Waals surface area contributed by atoms with Gasteiger partial charge < -0.3 is 24.3 Å². The van der Waals surface area contributed by atoms with Crippen LogP contribution in [-0.4, -0.2) is 44.1 Å². The fraction of sp³-hybridized carbons (Fsp3) is 0.304. The molecule has 0 aliphatic rings. The Bertz CT molecular complexity index is 1090. The molecular formula is C23H27N3O5. The van der Waals surface area contributed by atoms with Crippen LogP contribution in [0.3, 0.4) is 0 Å². The number of rotatable bonds is 8. The van der Waals surface area contributed by atoms with E-state index in [9.17, 15) is 4.79 Å². The minimum atomic E-state index is -0.281. The molecule has 0 unspecified atom stereocenters. The number of carbonyl (C=O) groups is 1. The van der Waals surface area contributed by atoms with Crippen molar-refractivity contribution < 1.29 is 23.7 Å². The number of methoxy groups -OCH3 is 4. The van der Waals surface area contributed by atoms with Gasteiger partial charge >= 0.3 is 0 Å². The van der Waals surface area contributed by atoms with E-state index < -0.39 is 0 Å². The quantitative estimate of drug-likeness (QED) is 0.590. The van der Waals surface area contributed by atoms with Gasteiger partial charge in [-0.05, 0) is 43.7 Å². The van der Waals surface area contributed by atoms with E-state index in [0.717, 1.165) is 17.0 Å². The number of amides is 1. The molecule has 1 amide bonds. The Morgan fingerprint density at radius 1 is 0.903 bits per heavy atom. The van der Waals surface area contributed by atoms with Crippen molar-refractivity contribution in [3.05, 3.63) is 58.9 Å². The molecule has 3 rings (SSSR count). The second kappa shape index (κ2) is 9.42. The van der Waals surface area contributed by atoms with Crippen LogP contribution in [0.15, 0.2) is 36.4 Å². The molecule has 31 heavy (non-hydrogen) atoms. The molecule has 0 saturated carbocycles. The SMILES string of the molecule is COc1ccc(C(=O)Nc2c(C)nn(Cc3ccc(OC)c(OC)c3)c2C)c(OC)c1. The first-order valence-electron chi connectivity index (χ1n) is 9.70. The van der Waals surface area contributed by atoms with Gasteiger partial charge in [0.2, 0.25) is 0 Å². The molecule has 0 aliphatic heterocycles. The average molecular weight is 425 g/mol. The van der Waals surface area contributed by atoms with Crippen molar-refractivity contribution in [3.63, 3.8) is 0 Å². The summed E-state index contributed by atoms with van der Waals surface area (Å²) in [6.45, 7) is 4.30. The van der Waals surface area contributed by atoms with Crippen molar-refractivity contribution in [1.29, 1.82) is 0 Å². The number of aryl methyl sites for hydroxylation is 1. The number of carbonyl (C=O) groups excluding carboxylic acids is 1. The second-order valence-corrected chi connectivity index (χ2v) is 6.91. The molecule has 0 bridgehead atoms. The highest BCUT2D eigenvalue weighted by atomic mass is 16.5. The monoisotopic (exact) mass is 425 g/mol. The standard InChI is InChI=1S/C23H27N3O5/c1-14-22(24-23(27)18-9-8-17(28-3)12-20(18)30-5)15(2)26(25-14)13-16-7-10-19(29-4)21(11-16)31-6/h7-12H,13H2,1-6H3,(H,24,27). The molecule has 0 atom stereocenters. The predicted octanol–water partition coefficient (Wildman–Crippen LogP) is 3.83. The lowest BCUT2D eigenvalue weighted by molar-refractivity contribution is 0.102. The summed E-state index contributed by atoms with van der Waals surface area (Å²) in [7, 11) is 6.29. The first-order chi connectivity index (χ1) is 14.9. The highest BCUT2D eigenvalue weighted by Gasteiger charge is 2.19. The molecular weight excluding hydrogens is 398 g/mol. The fourth-order valence-corrected chi connectivity index (χ4v) is 3.35. The van der Waals surface area contributed by atoms with Gasteiger partial charge in [-0.3, -0.25) is 9.48 Å². The third kappa shape index (κ3) is 4.58. The molecule has 2 aromatic carbocycles. The third-order valence-electron chi connectivity index (χ3n) is 5.05. The van der Waals surface area contributed by atoms with Crippen LogP contribution < -0.4 is 24.3 Å². The number of benzene rings is 2. The Morgan fingerprint density at radius 3 is 2.26 bits per heavy atom. The number of ether oxygens (including phenoxy) is 4. The van der Waals surface area contributed by atoms with Crippen LogP contribution in [-0.2, 0) is 6.54 Å². The van der Waals surface area contributed by atoms with Crippen molar-refractivity contribution in [1.82, 2.24) is 9.78 Å². The topological polar surface area (TPSA) is 83.8 Å². The summed E-state index contributed by atoms with van der Waals surface area (Å²) in [6, 6.07) is 10.8. The Morgan fingerprint density at radius 2 is 1.61 bits per heavy atom. The highest BCUT2D eigenvalue weighted by Crippen LogP contribution is 2.30. The summed E-state index contributed by atoms with van der Waals surface area (Å²) in [6.07, 6.45) is 0. The normalized spacial score (nSPS) is 10.5. The van der Waals surface area contributed by atoms with Gasteiger partial charge in [0.1, 0.15) is 11.5 Å². The summed E-state index contributed by atoms with van der Waals surface area (Å²) in [5, 5.41) is 7.57. The van der Waals surface area contributed by atoms with Crippen molar-refractivity contribution in [2.24, 2.45) is 0 Å². The lowest BCUT2D eigenvalue weighted by Gasteiger charge is -2.12. The van der Waals surface area contributed by atoms with Crippen molar-refractivity contribution in [2.75, 3.05) is 33.8 Å². The Labute approximate surface area is 181 Å². The fourth-order valence-electron chi connectivity index (χ4n) is 3.35. The first kappa shape index (κ1) is 22.0. The molecule has 0 saturated heterocycles. The van der Waals surface area contributed by atoms with Gasteiger partial charge in [-0.1, -0.05) is 6.07 Å². The van der Waals surface area contributed by atoms with E-state index in [1.54, 1.807) is 39.5 Å². The zero-order chi connectivity index (χ0) is 22.5. The Hall–Kier alpha value is -3.68. The number of hydrogen-bond donors (Lipinski definition) is 1. The predicted molar refractivity (Wildman–Crippen MR) is 118 cm³/mol. The van der Waals surface area contributed by atoms with E-state index in [2.05, 4.69) is 10.4 Å². The van der Waals surface area contributed by atoms with Crippen LogP contribution >= 0.6 is 0 Å². The molecule has 8 heteroatoms. The molecule has 0 fully saturated rings. The van der Waals surface area contributed by atoms with Gasteiger partial charge in [0, 0.05) is 6.07 Å². The van der Waals surface area contributed by atoms with E-state index in [1.807, 2.05) is 36.7 Å². The lowest BCUT2D eigenvalue weighted by atomic mass is 10.1. The summed E-state index contributed by atoms with van der Waals surface area (Å²) in [5.74, 6) is 2.09. The van der Waals surface area contributed by atoms with Gasteiger partial charge in [0.15, 0.2) is 11.5 Å². The molecule has 3 aromatic rings. The minimum absolute atomic E-state index is 0.281. The van der Waals surface area contributed by atoms with E-state index in [4.69, 9.17) is 18.9 Å². The summed E-state index contributed by atoms with van der Waals surface area (Å²) in [5.41, 5.74) is 3.64. The summed E-state index contributed by atoms with van der Waals surface area (Å²) < 4.78 is 23.1. The molecule has 0 spiro atoms. The van der Waals surface area contributed by atoms with Crippen LogP contribution in [0, 0.1) is 13.8 Å². The minimum Gasteiger partial charge on any atom is -0.497 e. The zero-order valence-corrected chi connectivity index (χ0v) is 18.6. The third-order valence-corrected chi connectivity index (χ3v) is 5.05. The van der Waals surface area contributed by atoms with Crippen LogP contribution in [0.2, 0.25) is 0 Å². The largest absolute Gasteiger partial charge is 0.497 e. The smallest absolute Gasteiger partial charge is 0.259 e. The van der Waals surface area contributed by atoms with Gasteiger partial charge in [-0.25, -0.2) is 0 Å². The second-order valence-electron chi connectivity index (χ2n) is 6.91. The maximum Gasteiger partial charge on any atom is 0.259 e. The van der Waals surface area contributed by atoms with Crippen LogP contribution in [0.4, 0.5) is 5.69 Å². The van der Waals surface area contributed by atoms with Crippen molar-refractivity contribution >= 4 is 11.6 Å². The maximum atomic E-state index is 12.9. The molecule has 1 N–H and O–H groups in total. The Kier molecular flexibility index (Phi) is 6.69. The van der Waals surface area contributed by atoms with Crippen LogP contribution in [0.25, 0.3) is 0 Å². The average Bonchev–Trinajstić information content (AvgIpc) is 3.05. The molecule has 164 valence electrons. The van der Waals surface area contributed by atoms with Gasteiger partial charge in [0.25, 0.3) is 5.91 Å². The number of nitrogens with zero attached hydrogens (tertiary/aromatic N) is 2. The van der Waals surface area contributed by atoms with E-state index >= 15 is 0 Å². The van der Waals surface area contributed by atoms with Crippen LogP contribution in [0.5, 0.6) is 23.0 Å². The Balaban J connectivity index is 1.84. The highest BCUT2D eigenvalue weighted by molar-refractivity contribution is 6.06. The van der Waals surface area contributed by atoms with Crippen LogP contribution in [0.1, 0.15) is 27.3 Å². The van der Waals surface area contributed by atoms with E-state index in [0.29, 0.717) is 40.8 Å². The molecule has 0 aliphatic carbocycles. The van der Waals surface area contributed by atoms with Gasteiger partial charge in [0.05, 0.1) is 57.6 Å². The van der Waals surface area contributed by atoms with Gasteiger partial charge in [-0.2, -0.15) is 5.10 Å². The zero-order valence-electron chi connectivity index (χ0n) is 18.6. The summed E-state index contributed by atoms with van der Waals surface area (Å²) >= 11 is 0. The van der Waals surface area contributed by atoms with Gasteiger partial charge in [-0.15, -0.1) is 0 Å². The number of nitrogens with one attached hydrogen (secondary N) is 1. The molecule has 8 nitrogen and oxygen atoms in total. The van der Waals surface area contributed by atoms with Crippen molar-refractivity contribution in [3.8, 4) is 23.0 Å². The maximum absolute atomic E-state index is 12.9. The number of anilines is 1. The number of hydrogen-bond acceptors (Lipinski definition) is 6. The summed E-state index contributed by atoms with van der Waals surface area (Å²) in [4.78, 5) is 12.9. The van der Waals surface area contributed by atoms with E-state index in [1.165, 1.54) is 7.11 Å². The molecule has 1 aromatic heterocycles.